The first-order valence-corrected chi connectivity index (χ1v) is 13.0. The maximum atomic E-state index is 13.1. The minimum atomic E-state index is -3.63. The van der Waals surface area contributed by atoms with E-state index in [1.165, 1.54) is 4.31 Å². The lowest BCUT2D eigenvalue weighted by Crippen LogP contribution is -2.45. The van der Waals surface area contributed by atoms with Crippen LogP contribution in [-0.4, -0.2) is 44.9 Å². The number of piperidine rings is 1. The Kier molecular flexibility index (Phi) is 8.37. The van der Waals surface area contributed by atoms with Crippen molar-refractivity contribution in [2.75, 3.05) is 26.3 Å². The van der Waals surface area contributed by atoms with E-state index in [9.17, 15) is 13.2 Å². The molecule has 8 heteroatoms. The molecule has 1 heterocycles. The summed E-state index contributed by atoms with van der Waals surface area (Å²) in [6.45, 7) is 9.31. The molecular weight excluding hydrogens is 440 g/mol. The summed E-state index contributed by atoms with van der Waals surface area (Å²) in [4.78, 5) is 13.3. The molecule has 2 aromatic rings. The van der Waals surface area contributed by atoms with Gasteiger partial charge in [0.05, 0.1) is 30.1 Å². The van der Waals surface area contributed by atoms with Crippen LogP contribution in [0, 0.1) is 12.8 Å². The summed E-state index contributed by atoms with van der Waals surface area (Å²) >= 11 is 0. The molecule has 180 valence electrons. The summed E-state index contributed by atoms with van der Waals surface area (Å²) in [7, 11) is -3.63. The number of benzene rings is 2. The Balaban J connectivity index is 1.68. The molecule has 2 aromatic carbocycles. The number of nitrogens with zero attached hydrogens (tertiary/aromatic N) is 1. The third-order valence-electron chi connectivity index (χ3n) is 5.84. The standard InChI is InChI=1S/C25H34N2O5S/c1-5-31-23-14-11-20(16-24(23)32-6-2)19(4)26-25(28)21-8-7-15-27(17-21)33(29,30)22-12-9-18(3)10-13-22/h9-14,16,19,21H,5-8,15,17H2,1-4H3,(H,26,28)/t19-,21-/m0/s1. The van der Waals surface area contributed by atoms with Crippen LogP contribution in [0.25, 0.3) is 0 Å². The highest BCUT2D eigenvalue weighted by atomic mass is 32.2. The minimum Gasteiger partial charge on any atom is -0.490 e. The molecule has 1 amide bonds. The molecule has 33 heavy (non-hydrogen) atoms. The highest BCUT2D eigenvalue weighted by Crippen LogP contribution is 2.31. The lowest BCUT2D eigenvalue weighted by Gasteiger charge is -2.32. The van der Waals surface area contributed by atoms with Crippen LogP contribution >= 0.6 is 0 Å². The predicted octanol–water partition coefficient (Wildman–Crippen LogP) is 4.07. The molecule has 1 fully saturated rings. The van der Waals surface area contributed by atoms with E-state index in [2.05, 4.69) is 5.32 Å². The van der Waals surface area contributed by atoms with Crippen molar-refractivity contribution in [2.24, 2.45) is 5.92 Å². The normalized spacial score (nSPS) is 17.9. The Morgan fingerprint density at radius 1 is 1.09 bits per heavy atom. The van der Waals surface area contributed by atoms with Crippen molar-refractivity contribution in [3.8, 4) is 11.5 Å². The van der Waals surface area contributed by atoms with Crippen LogP contribution in [0.5, 0.6) is 11.5 Å². The quantitative estimate of drug-likeness (QED) is 0.592. The molecule has 0 aromatic heterocycles. The van der Waals surface area contributed by atoms with Crippen LogP contribution in [-0.2, 0) is 14.8 Å². The Morgan fingerprint density at radius 3 is 2.42 bits per heavy atom. The van der Waals surface area contributed by atoms with Crippen LogP contribution < -0.4 is 14.8 Å². The smallest absolute Gasteiger partial charge is 0.243 e. The van der Waals surface area contributed by atoms with Crippen LogP contribution in [0.4, 0.5) is 0 Å². The molecule has 0 saturated carbocycles. The first-order valence-electron chi connectivity index (χ1n) is 11.5. The largest absolute Gasteiger partial charge is 0.490 e. The number of carbonyl (C=O) groups is 1. The summed E-state index contributed by atoms with van der Waals surface area (Å²) in [6.07, 6.45) is 1.31. The van der Waals surface area contributed by atoms with Gasteiger partial charge in [0, 0.05) is 13.1 Å². The van der Waals surface area contributed by atoms with Gasteiger partial charge in [0.1, 0.15) is 0 Å². The van der Waals surface area contributed by atoms with Gasteiger partial charge in [-0.25, -0.2) is 8.42 Å². The minimum absolute atomic E-state index is 0.141. The second-order valence-electron chi connectivity index (χ2n) is 8.32. The van der Waals surface area contributed by atoms with Crippen molar-refractivity contribution in [2.45, 2.75) is 51.5 Å². The maximum Gasteiger partial charge on any atom is 0.243 e. The van der Waals surface area contributed by atoms with E-state index in [0.29, 0.717) is 44.1 Å². The Hall–Kier alpha value is -2.58. The van der Waals surface area contributed by atoms with Crippen LogP contribution in [0.3, 0.4) is 0 Å². The first kappa shape index (κ1) is 25.1. The van der Waals surface area contributed by atoms with Crippen molar-refractivity contribution in [3.05, 3.63) is 53.6 Å². The fourth-order valence-corrected chi connectivity index (χ4v) is 5.51. The molecule has 1 saturated heterocycles. The summed E-state index contributed by atoms with van der Waals surface area (Å²) in [5.74, 6) is 0.783. The molecule has 1 aliphatic rings. The van der Waals surface area contributed by atoms with Gasteiger partial charge >= 0.3 is 0 Å². The summed E-state index contributed by atoms with van der Waals surface area (Å²) < 4.78 is 38.9. The molecular formula is C25H34N2O5S. The predicted molar refractivity (Wildman–Crippen MR) is 128 cm³/mol. The topological polar surface area (TPSA) is 84.9 Å². The highest BCUT2D eigenvalue weighted by molar-refractivity contribution is 7.89. The summed E-state index contributed by atoms with van der Waals surface area (Å²) in [6, 6.07) is 12.2. The maximum absolute atomic E-state index is 13.1. The van der Waals surface area contributed by atoms with Gasteiger partial charge in [-0.15, -0.1) is 0 Å². The van der Waals surface area contributed by atoms with Crippen molar-refractivity contribution >= 4 is 15.9 Å². The first-order chi connectivity index (χ1) is 15.8. The second kappa shape index (κ2) is 11.0. The number of hydrogen-bond donors (Lipinski definition) is 1. The number of amides is 1. The molecule has 0 bridgehead atoms. The second-order valence-corrected chi connectivity index (χ2v) is 10.3. The van der Waals surface area contributed by atoms with Crippen molar-refractivity contribution in [1.29, 1.82) is 0 Å². The SMILES string of the molecule is CCOc1ccc([C@H](C)NC(=O)[C@H]2CCCN(S(=O)(=O)c3ccc(C)cc3)C2)cc1OCC. The molecule has 1 N–H and O–H groups in total. The zero-order valence-corrected chi connectivity index (χ0v) is 20.7. The van der Waals surface area contributed by atoms with Gasteiger partial charge in [-0.3, -0.25) is 4.79 Å². The summed E-state index contributed by atoms with van der Waals surface area (Å²) in [5.41, 5.74) is 1.90. The number of hydrogen-bond acceptors (Lipinski definition) is 5. The average Bonchev–Trinajstić information content (AvgIpc) is 2.81. The van der Waals surface area contributed by atoms with Gasteiger partial charge in [-0.05, 0) is 70.4 Å². The highest BCUT2D eigenvalue weighted by Gasteiger charge is 2.33. The molecule has 0 aliphatic carbocycles. The van der Waals surface area contributed by atoms with Gasteiger partial charge in [0.25, 0.3) is 0 Å². The number of nitrogens with one attached hydrogen (secondary N) is 1. The number of carbonyl (C=O) groups excluding carboxylic acids is 1. The lowest BCUT2D eigenvalue weighted by atomic mass is 9.98. The van der Waals surface area contributed by atoms with Crippen molar-refractivity contribution in [1.82, 2.24) is 9.62 Å². The van der Waals surface area contributed by atoms with E-state index in [4.69, 9.17) is 9.47 Å². The Bertz CT molecular complexity index is 1050. The zero-order valence-electron chi connectivity index (χ0n) is 19.8. The molecule has 0 radical (unpaired) electrons. The monoisotopic (exact) mass is 474 g/mol. The van der Waals surface area contributed by atoms with Gasteiger partial charge in [0.15, 0.2) is 11.5 Å². The number of ether oxygens (including phenoxy) is 2. The van der Waals surface area contributed by atoms with Gasteiger partial charge in [-0.1, -0.05) is 23.8 Å². The van der Waals surface area contributed by atoms with E-state index in [1.54, 1.807) is 24.3 Å². The fourth-order valence-electron chi connectivity index (χ4n) is 3.99. The van der Waals surface area contributed by atoms with Crippen LogP contribution in [0.2, 0.25) is 0 Å². The van der Waals surface area contributed by atoms with E-state index in [1.807, 2.05) is 45.9 Å². The average molecular weight is 475 g/mol. The molecule has 7 nitrogen and oxygen atoms in total. The van der Waals surface area contributed by atoms with E-state index < -0.39 is 15.9 Å². The molecule has 0 spiro atoms. The molecule has 1 aliphatic heterocycles. The Labute approximate surface area is 197 Å². The zero-order chi connectivity index (χ0) is 24.0. The molecule has 3 rings (SSSR count). The molecule has 2 atom stereocenters. The van der Waals surface area contributed by atoms with E-state index >= 15 is 0 Å². The van der Waals surface area contributed by atoms with Crippen molar-refractivity contribution in [3.63, 3.8) is 0 Å². The third kappa shape index (κ3) is 6.06. The number of aryl methyl sites for hydroxylation is 1. The Morgan fingerprint density at radius 2 is 1.76 bits per heavy atom. The third-order valence-corrected chi connectivity index (χ3v) is 7.72. The summed E-state index contributed by atoms with van der Waals surface area (Å²) in [5, 5.41) is 3.05. The molecule has 0 unspecified atom stereocenters. The van der Waals surface area contributed by atoms with Gasteiger partial charge < -0.3 is 14.8 Å². The van der Waals surface area contributed by atoms with Crippen LogP contribution in [0.1, 0.15) is 50.8 Å². The van der Waals surface area contributed by atoms with E-state index in [-0.39, 0.29) is 23.4 Å². The fraction of sp³-hybridized carbons (Fsp3) is 0.480. The number of rotatable bonds is 9. The van der Waals surface area contributed by atoms with Crippen molar-refractivity contribution < 1.29 is 22.7 Å². The number of sulfonamides is 1. The van der Waals surface area contributed by atoms with Gasteiger partial charge in [-0.2, -0.15) is 4.31 Å². The lowest BCUT2D eigenvalue weighted by molar-refractivity contribution is -0.126. The van der Waals surface area contributed by atoms with Gasteiger partial charge in [0.2, 0.25) is 15.9 Å². The van der Waals surface area contributed by atoms with Crippen LogP contribution in [0.15, 0.2) is 47.4 Å². The van der Waals surface area contributed by atoms with E-state index in [0.717, 1.165) is 11.1 Å².